The van der Waals surface area contributed by atoms with Crippen molar-refractivity contribution in [3.8, 4) is 0 Å². The Morgan fingerprint density at radius 2 is 2.29 bits per heavy atom. The van der Waals surface area contributed by atoms with Crippen LogP contribution in [-0.2, 0) is 28.9 Å². The number of carbonyl (C=O) groups is 1. The van der Waals surface area contributed by atoms with Crippen LogP contribution in [0.25, 0.3) is 0 Å². The lowest BCUT2D eigenvalue weighted by molar-refractivity contribution is -0.144. The molecule has 0 fully saturated rings. The van der Waals surface area contributed by atoms with E-state index in [2.05, 4.69) is 23.5 Å². The molecule has 1 N–H and O–H groups in total. The molecule has 1 aromatic rings. The number of hydrogen-bond donors (Lipinski definition) is 1. The number of esters is 1. The van der Waals surface area contributed by atoms with Gasteiger partial charge in [0.25, 0.3) is 0 Å². The Hall–Kier alpha value is -1.35. The Bertz CT molecular complexity index is 415. The Labute approximate surface area is 102 Å². The van der Waals surface area contributed by atoms with Gasteiger partial charge in [0, 0.05) is 6.54 Å². The summed E-state index contributed by atoms with van der Waals surface area (Å²) in [6.07, 6.45) is 1.84. The molecule has 0 saturated carbocycles. The molecule has 0 bridgehead atoms. The van der Waals surface area contributed by atoms with Gasteiger partial charge in [-0.05, 0) is 36.1 Å². The van der Waals surface area contributed by atoms with Gasteiger partial charge in [-0.15, -0.1) is 0 Å². The van der Waals surface area contributed by atoms with E-state index in [1.807, 2.05) is 6.92 Å². The minimum Gasteiger partial charge on any atom is -0.469 e. The number of methoxy groups -OCH3 is 1. The van der Waals surface area contributed by atoms with Crippen molar-refractivity contribution in [3.05, 3.63) is 34.9 Å². The second kappa shape index (κ2) is 5.32. The summed E-state index contributed by atoms with van der Waals surface area (Å²) in [5.41, 5.74) is 4.02. The van der Waals surface area contributed by atoms with Gasteiger partial charge in [-0.1, -0.05) is 25.1 Å². The Morgan fingerprint density at radius 3 is 3.06 bits per heavy atom. The first kappa shape index (κ1) is 12.1. The molecule has 0 aliphatic carbocycles. The summed E-state index contributed by atoms with van der Waals surface area (Å²) in [6.45, 7) is 3.91. The van der Waals surface area contributed by atoms with Crippen LogP contribution in [0.5, 0.6) is 0 Å². The van der Waals surface area contributed by atoms with Gasteiger partial charge in [0.2, 0.25) is 0 Å². The maximum Gasteiger partial charge on any atom is 0.308 e. The lowest BCUT2D eigenvalue weighted by Crippen LogP contribution is -2.23. The third kappa shape index (κ3) is 2.86. The second-order valence-corrected chi connectivity index (χ2v) is 4.66. The van der Waals surface area contributed by atoms with Gasteiger partial charge >= 0.3 is 5.97 Å². The molecule has 0 saturated heterocycles. The van der Waals surface area contributed by atoms with E-state index < -0.39 is 0 Å². The van der Waals surface area contributed by atoms with Crippen molar-refractivity contribution < 1.29 is 9.53 Å². The van der Waals surface area contributed by atoms with Crippen LogP contribution in [0.15, 0.2) is 18.2 Å². The number of hydrogen-bond acceptors (Lipinski definition) is 3. The monoisotopic (exact) mass is 233 g/mol. The summed E-state index contributed by atoms with van der Waals surface area (Å²) >= 11 is 0. The van der Waals surface area contributed by atoms with E-state index in [0.29, 0.717) is 0 Å². The van der Waals surface area contributed by atoms with Crippen molar-refractivity contribution in [2.45, 2.75) is 26.3 Å². The molecule has 3 nitrogen and oxygen atoms in total. The minimum atomic E-state index is -0.135. The molecule has 1 heterocycles. The highest BCUT2D eigenvalue weighted by Gasteiger charge is 2.15. The SMILES string of the molecule is COC(=O)C(C)Cc1ccc2c(c1)CCNC2. The summed E-state index contributed by atoms with van der Waals surface area (Å²) in [7, 11) is 1.44. The molecular formula is C14H19NO2. The highest BCUT2D eigenvalue weighted by atomic mass is 16.5. The van der Waals surface area contributed by atoms with Crippen LogP contribution in [0.3, 0.4) is 0 Å². The third-order valence-electron chi connectivity index (χ3n) is 3.30. The van der Waals surface area contributed by atoms with Crippen molar-refractivity contribution in [1.29, 1.82) is 0 Å². The van der Waals surface area contributed by atoms with Crippen LogP contribution < -0.4 is 5.32 Å². The molecule has 0 spiro atoms. The first-order valence-electron chi connectivity index (χ1n) is 6.10. The van der Waals surface area contributed by atoms with Gasteiger partial charge in [-0.2, -0.15) is 0 Å². The molecule has 1 aromatic carbocycles. The zero-order valence-corrected chi connectivity index (χ0v) is 10.5. The van der Waals surface area contributed by atoms with Gasteiger partial charge in [-0.25, -0.2) is 0 Å². The van der Waals surface area contributed by atoms with E-state index in [0.717, 1.165) is 25.9 Å². The molecule has 1 atom stereocenters. The van der Waals surface area contributed by atoms with E-state index in [9.17, 15) is 4.79 Å². The highest BCUT2D eigenvalue weighted by Crippen LogP contribution is 2.18. The second-order valence-electron chi connectivity index (χ2n) is 4.66. The average molecular weight is 233 g/mol. The maximum absolute atomic E-state index is 11.4. The fourth-order valence-electron chi connectivity index (χ4n) is 2.30. The van der Waals surface area contributed by atoms with Crippen LogP contribution in [0, 0.1) is 5.92 Å². The van der Waals surface area contributed by atoms with Crippen LogP contribution in [-0.4, -0.2) is 19.6 Å². The van der Waals surface area contributed by atoms with Crippen molar-refractivity contribution in [2.24, 2.45) is 5.92 Å². The van der Waals surface area contributed by atoms with Crippen molar-refractivity contribution >= 4 is 5.97 Å². The largest absolute Gasteiger partial charge is 0.469 e. The molecule has 3 heteroatoms. The Balaban J connectivity index is 2.09. The van der Waals surface area contributed by atoms with Crippen molar-refractivity contribution in [2.75, 3.05) is 13.7 Å². The molecule has 1 unspecified atom stereocenters. The molecule has 17 heavy (non-hydrogen) atoms. The molecule has 0 radical (unpaired) electrons. The van der Waals surface area contributed by atoms with E-state index >= 15 is 0 Å². The fourth-order valence-corrected chi connectivity index (χ4v) is 2.30. The van der Waals surface area contributed by atoms with Gasteiger partial charge in [0.05, 0.1) is 13.0 Å². The Kier molecular flexibility index (Phi) is 3.79. The Morgan fingerprint density at radius 1 is 1.47 bits per heavy atom. The first-order chi connectivity index (χ1) is 8.20. The molecular weight excluding hydrogens is 214 g/mol. The number of carbonyl (C=O) groups excluding carboxylic acids is 1. The average Bonchev–Trinajstić information content (AvgIpc) is 2.37. The summed E-state index contributed by atoms with van der Waals surface area (Å²) in [5, 5.41) is 3.35. The molecule has 0 aromatic heterocycles. The molecule has 92 valence electrons. The zero-order chi connectivity index (χ0) is 12.3. The van der Waals surface area contributed by atoms with Crippen LogP contribution >= 0.6 is 0 Å². The highest BCUT2D eigenvalue weighted by molar-refractivity contribution is 5.72. The van der Waals surface area contributed by atoms with Gasteiger partial charge < -0.3 is 10.1 Å². The maximum atomic E-state index is 11.4. The van der Waals surface area contributed by atoms with Crippen LogP contribution in [0.2, 0.25) is 0 Å². The fraction of sp³-hybridized carbons (Fsp3) is 0.500. The minimum absolute atomic E-state index is 0.0697. The summed E-state index contributed by atoms with van der Waals surface area (Å²) in [4.78, 5) is 11.4. The van der Waals surface area contributed by atoms with E-state index in [1.165, 1.54) is 23.8 Å². The van der Waals surface area contributed by atoms with Gasteiger partial charge in [-0.3, -0.25) is 4.79 Å². The van der Waals surface area contributed by atoms with E-state index in [1.54, 1.807) is 0 Å². The molecule has 1 aliphatic heterocycles. The zero-order valence-electron chi connectivity index (χ0n) is 10.5. The smallest absolute Gasteiger partial charge is 0.308 e. The van der Waals surface area contributed by atoms with Gasteiger partial charge in [0.15, 0.2) is 0 Å². The predicted octanol–water partition coefficient (Wildman–Crippen LogP) is 1.68. The van der Waals surface area contributed by atoms with E-state index in [4.69, 9.17) is 4.74 Å². The standard InChI is InChI=1S/C14H19NO2/c1-10(14(16)17-2)7-11-3-4-13-9-15-6-5-12(13)8-11/h3-4,8,10,15H,5-7,9H2,1-2H3. The summed E-state index contributed by atoms with van der Waals surface area (Å²) < 4.78 is 4.75. The quantitative estimate of drug-likeness (QED) is 0.807. The number of rotatable bonds is 3. The number of ether oxygens (including phenoxy) is 1. The van der Waals surface area contributed by atoms with Crippen LogP contribution in [0.4, 0.5) is 0 Å². The van der Waals surface area contributed by atoms with Crippen LogP contribution in [0.1, 0.15) is 23.6 Å². The third-order valence-corrected chi connectivity index (χ3v) is 3.30. The summed E-state index contributed by atoms with van der Waals surface area (Å²) in [6, 6.07) is 6.52. The van der Waals surface area contributed by atoms with Gasteiger partial charge in [0.1, 0.15) is 0 Å². The lowest BCUT2D eigenvalue weighted by atomic mass is 9.94. The number of fused-ring (bicyclic) bond motifs is 1. The first-order valence-corrected chi connectivity index (χ1v) is 6.10. The molecule has 2 rings (SSSR count). The summed E-state index contributed by atoms with van der Waals surface area (Å²) in [5.74, 6) is -0.204. The number of nitrogens with one attached hydrogen (secondary N) is 1. The topological polar surface area (TPSA) is 38.3 Å². The lowest BCUT2D eigenvalue weighted by Gasteiger charge is -2.18. The number of benzene rings is 1. The van der Waals surface area contributed by atoms with Crippen molar-refractivity contribution in [3.63, 3.8) is 0 Å². The van der Waals surface area contributed by atoms with Crippen molar-refractivity contribution in [1.82, 2.24) is 5.32 Å². The van der Waals surface area contributed by atoms with E-state index in [-0.39, 0.29) is 11.9 Å². The molecule has 1 aliphatic rings. The molecule has 0 amide bonds. The predicted molar refractivity (Wildman–Crippen MR) is 66.7 cm³/mol. The normalized spacial score (nSPS) is 16.1.